The molecule has 1 aliphatic carbocycles. The Morgan fingerprint density at radius 3 is 2.71 bits per heavy atom. The number of halogens is 2. The van der Waals surface area contributed by atoms with Crippen molar-refractivity contribution in [1.29, 1.82) is 0 Å². The fourth-order valence-electron chi connectivity index (χ4n) is 3.52. The van der Waals surface area contributed by atoms with Crippen LogP contribution in [0.2, 0.25) is 5.02 Å². The number of benzene rings is 2. The first-order valence-corrected chi connectivity index (χ1v) is 12.1. The van der Waals surface area contributed by atoms with Crippen LogP contribution < -0.4 is 16.0 Å². The van der Waals surface area contributed by atoms with Crippen molar-refractivity contribution in [2.45, 2.75) is 32.2 Å². The number of allylic oxidation sites excluding steroid dienone is 4. The van der Waals surface area contributed by atoms with Crippen LogP contribution >= 0.6 is 39.3 Å². The highest BCUT2D eigenvalue weighted by Gasteiger charge is 2.23. The molecule has 1 aliphatic heterocycles. The highest BCUT2D eigenvalue weighted by atomic mass is 79.9. The molecule has 2 aromatic rings. The lowest BCUT2D eigenvalue weighted by Crippen LogP contribution is -2.28. The molecule has 2 aliphatic rings. The third kappa shape index (κ3) is 5.37. The predicted octanol–water partition coefficient (Wildman–Crippen LogP) is 7.01. The number of nitrogens with one attached hydrogen (secondary N) is 3. The maximum atomic E-state index is 12.6. The van der Waals surface area contributed by atoms with Crippen LogP contribution in [0.1, 0.15) is 30.9 Å². The van der Waals surface area contributed by atoms with Gasteiger partial charge < -0.3 is 16.0 Å². The minimum atomic E-state index is -0.0595. The van der Waals surface area contributed by atoms with Crippen molar-refractivity contribution < 1.29 is 4.79 Å². The molecule has 2 aromatic carbocycles. The highest BCUT2D eigenvalue weighted by Crippen LogP contribution is 2.36. The van der Waals surface area contributed by atoms with E-state index in [1.807, 2.05) is 48.5 Å². The molecule has 1 atom stereocenters. The zero-order valence-corrected chi connectivity index (χ0v) is 20.4. The highest BCUT2D eigenvalue weighted by molar-refractivity contribution is 9.11. The number of hydrogen-bond donors (Lipinski definition) is 3. The zero-order chi connectivity index (χ0) is 22.0. The second-order valence-electron chi connectivity index (χ2n) is 7.51. The summed E-state index contributed by atoms with van der Waals surface area (Å²) in [4.78, 5) is 13.9. The average Bonchev–Trinajstić information content (AvgIpc) is 3.11. The number of carbonyl (C=O) groups is 1. The maximum absolute atomic E-state index is 12.6. The summed E-state index contributed by atoms with van der Waals surface area (Å²) < 4.78 is 0.957. The summed E-state index contributed by atoms with van der Waals surface area (Å²) in [7, 11) is 0. The fraction of sp³-hybridized carbons (Fsp3) is 0.208. The van der Waals surface area contributed by atoms with Crippen LogP contribution in [0, 0.1) is 6.92 Å². The Bertz CT molecular complexity index is 1110. The monoisotopic (exact) mass is 515 g/mol. The molecular formula is C24H23BrClN3OS. The summed E-state index contributed by atoms with van der Waals surface area (Å²) in [6, 6.07) is 13.8. The topological polar surface area (TPSA) is 53.2 Å². The third-order valence-electron chi connectivity index (χ3n) is 5.19. The number of carbonyl (C=O) groups excluding carboxylic acids is 1. The van der Waals surface area contributed by atoms with Crippen LogP contribution in [0.5, 0.6) is 0 Å². The standard InChI is InChI=1S/C24H23BrClN3OS/c1-14-6-11-20(27-23(30)17-4-3-5-18(25)12-17)13-21(14)28-24-29-22(15(2)31-24)16-7-9-19(26)10-8-16/h5-13,24,28-29H,3-4H2,1-2H3,(H,27,30). The summed E-state index contributed by atoms with van der Waals surface area (Å²) >= 11 is 11.2. The first-order chi connectivity index (χ1) is 14.9. The van der Waals surface area contributed by atoms with E-state index in [-0.39, 0.29) is 11.4 Å². The van der Waals surface area contributed by atoms with Crippen molar-refractivity contribution in [3.8, 4) is 0 Å². The van der Waals surface area contributed by atoms with Gasteiger partial charge in [-0.05, 0) is 68.2 Å². The van der Waals surface area contributed by atoms with Crippen molar-refractivity contribution in [3.05, 3.63) is 85.7 Å². The minimum Gasteiger partial charge on any atom is -0.356 e. The molecule has 0 saturated carbocycles. The number of amides is 1. The van der Waals surface area contributed by atoms with Gasteiger partial charge in [0.2, 0.25) is 0 Å². The first-order valence-electron chi connectivity index (χ1n) is 10.0. The van der Waals surface area contributed by atoms with Gasteiger partial charge in [-0.25, -0.2) is 0 Å². The quantitative estimate of drug-likeness (QED) is 0.400. The molecule has 4 rings (SSSR count). The first kappa shape index (κ1) is 22.1. The van der Waals surface area contributed by atoms with Crippen molar-refractivity contribution >= 4 is 62.3 Å². The molecule has 31 heavy (non-hydrogen) atoms. The van der Waals surface area contributed by atoms with Gasteiger partial charge in [0.05, 0.1) is 5.70 Å². The van der Waals surface area contributed by atoms with Gasteiger partial charge in [-0.1, -0.05) is 63.6 Å². The molecule has 0 saturated heterocycles. The van der Waals surface area contributed by atoms with Crippen LogP contribution in [-0.2, 0) is 4.79 Å². The lowest BCUT2D eigenvalue weighted by molar-refractivity contribution is -0.113. The zero-order valence-electron chi connectivity index (χ0n) is 17.3. The normalized spacial score (nSPS) is 18.3. The maximum Gasteiger partial charge on any atom is 0.251 e. The van der Waals surface area contributed by atoms with Crippen molar-refractivity contribution in [2.75, 3.05) is 10.6 Å². The molecule has 7 heteroatoms. The van der Waals surface area contributed by atoms with Crippen molar-refractivity contribution in [1.82, 2.24) is 5.32 Å². The summed E-state index contributed by atoms with van der Waals surface area (Å²) in [5, 5.41) is 10.9. The van der Waals surface area contributed by atoms with Gasteiger partial charge in [-0.2, -0.15) is 0 Å². The molecule has 0 aromatic heterocycles. The van der Waals surface area contributed by atoms with E-state index in [1.54, 1.807) is 11.8 Å². The van der Waals surface area contributed by atoms with Crippen LogP contribution in [0.15, 0.2) is 69.6 Å². The third-order valence-corrected chi connectivity index (χ3v) is 7.03. The van der Waals surface area contributed by atoms with E-state index < -0.39 is 0 Å². The molecule has 0 fully saturated rings. The van der Waals surface area contributed by atoms with Gasteiger partial charge in [-0.3, -0.25) is 4.79 Å². The van der Waals surface area contributed by atoms with Gasteiger partial charge in [0, 0.05) is 31.4 Å². The van der Waals surface area contributed by atoms with E-state index in [0.717, 1.165) is 56.1 Å². The SMILES string of the molecule is CC1=C(c2ccc(Cl)cc2)NC(Nc2cc(NC(=O)C3=CC(Br)=CCC3)ccc2C)S1. The van der Waals surface area contributed by atoms with E-state index in [1.165, 1.54) is 4.91 Å². The Morgan fingerprint density at radius 2 is 1.97 bits per heavy atom. The summed E-state index contributed by atoms with van der Waals surface area (Å²) in [5.74, 6) is -0.0595. The molecule has 1 heterocycles. The summed E-state index contributed by atoms with van der Waals surface area (Å²) in [6.45, 7) is 4.16. The second-order valence-corrected chi connectivity index (χ2v) is 10.2. The van der Waals surface area contributed by atoms with Crippen LogP contribution in [-0.4, -0.2) is 11.4 Å². The van der Waals surface area contributed by atoms with Crippen LogP contribution in [0.4, 0.5) is 11.4 Å². The van der Waals surface area contributed by atoms with Gasteiger partial charge >= 0.3 is 0 Å². The summed E-state index contributed by atoms with van der Waals surface area (Å²) in [5.41, 5.74) is 5.85. The van der Waals surface area contributed by atoms with E-state index in [4.69, 9.17) is 11.6 Å². The Labute approximate surface area is 200 Å². The molecule has 4 nitrogen and oxygen atoms in total. The Kier molecular flexibility index (Phi) is 6.80. The molecule has 1 amide bonds. The van der Waals surface area contributed by atoms with E-state index in [0.29, 0.717) is 0 Å². The largest absolute Gasteiger partial charge is 0.356 e. The second kappa shape index (κ2) is 9.55. The van der Waals surface area contributed by atoms with Gasteiger partial charge in [-0.15, -0.1) is 0 Å². The minimum absolute atomic E-state index is 0.00234. The molecule has 0 spiro atoms. The van der Waals surface area contributed by atoms with Gasteiger partial charge in [0.15, 0.2) is 0 Å². The van der Waals surface area contributed by atoms with Crippen molar-refractivity contribution in [2.24, 2.45) is 0 Å². The van der Waals surface area contributed by atoms with Crippen LogP contribution in [0.3, 0.4) is 0 Å². The molecule has 0 bridgehead atoms. The predicted molar refractivity (Wildman–Crippen MR) is 136 cm³/mol. The molecule has 160 valence electrons. The Balaban J connectivity index is 1.44. The number of aryl methyl sites for hydroxylation is 1. The van der Waals surface area contributed by atoms with Gasteiger partial charge in [0.1, 0.15) is 5.50 Å². The lowest BCUT2D eigenvalue weighted by Gasteiger charge is -2.19. The molecule has 0 radical (unpaired) electrons. The van der Waals surface area contributed by atoms with E-state index >= 15 is 0 Å². The molecule has 1 unspecified atom stereocenters. The van der Waals surface area contributed by atoms with Gasteiger partial charge in [0.25, 0.3) is 5.91 Å². The van der Waals surface area contributed by atoms with E-state index in [2.05, 4.69) is 51.8 Å². The fourth-order valence-corrected chi connectivity index (χ4v) is 5.16. The molecular weight excluding hydrogens is 494 g/mol. The number of thioether (sulfide) groups is 1. The number of hydrogen-bond acceptors (Lipinski definition) is 4. The summed E-state index contributed by atoms with van der Waals surface area (Å²) in [6.07, 6.45) is 5.58. The van der Waals surface area contributed by atoms with Crippen molar-refractivity contribution in [3.63, 3.8) is 0 Å². The Morgan fingerprint density at radius 1 is 1.19 bits per heavy atom. The number of rotatable bonds is 5. The molecule has 3 N–H and O–H groups in total. The van der Waals surface area contributed by atoms with Crippen LogP contribution in [0.25, 0.3) is 5.70 Å². The van der Waals surface area contributed by atoms with E-state index in [9.17, 15) is 4.79 Å². The smallest absolute Gasteiger partial charge is 0.251 e. The number of anilines is 2. The average molecular weight is 517 g/mol. The Hall–Kier alpha value is -2.15. The lowest BCUT2D eigenvalue weighted by atomic mass is 10.0.